The fourth-order valence-corrected chi connectivity index (χ4v) is 2.86. The van der Waals surface area contributed by atoms with Crippen LogP contribution in [-0.2, 0) is 9.59 Å². The summed E-state index contributed by atoms with van der Waals surface area (Å²) >= 11 is 0. The van der Waals surface area contributed by atoms with Crippen molar-refractivity contribution in [3.8, 4) is 11.5 Å². The summed E-state index contributed by atoms with van der Waals surface area (Å²) in [5.74, 6) is 1.03. The summed E-state index contributed by atoms with van der Waals surface area (Å²) in [6.45, 7) is 3.97. The summed E-state index contributed by atoms with van der Waals surface area (Å²) in [4.78, 5) is 29.8. The van der Waals surface area contributed by atoms with Gasteiger partial charge in [-0.25, -0.2) is 4.98 Å². The second-order valence-electron chi connectivity index (χ2n) is 5.72. The third-order valence-electron chi connectivity index (χ3n) is 3.96. The lowest BCUT2D eigenvalue weighted by Crippen LogP contribution is -2.42. The maximum atomic E-state index is 12.4. The zero-order chi connectivity index (χ0) is 16.4. The van der Waals surface area contributed by atoms with Crippen molar-refractivity contribution in [1.29, 1.82) is 0 Å². The Bertz CT molecular complexity index is 738. The first-order valence-electron chi connectivity index (χ1n) is 7.65. The van der Waals surface area contributed by atoms with Crippen molar-refractivity contribution in [3.05, 3.63) is 36.2 Å². The highest BCUT2D eigenvalue weighted by atomic mass is 16.4. The molecule has 1 aromatic carbocycles. The molecule has 1 aliphatic rings. The van der Waals surface area contributed by atoms with Crippen LogP contribution >= 0.6 is 0 Å². The molecular formula is C17H19N3O3. The van der Waals surface area contributed by atoms with Gasteiger partial charge in [0, 0.05) is 24.7 Å². The number of oxazole rings is 1. The lowest BCUT2D eigenvalue weighted by molar-refractivity contribution is -0.134. The molecule has 1 fully saturated rings. The maximum absolute atomic E-state index is 12.4. The summed E-state index contributed by atoms with van der Waals surface area (Å²) in [5.41, 5.74) is 1.46. The van der Waals surface area contributed by atoms with Crippen LogP contribution in [0.4, 0.5) is 5.69 Å². The summed E-state index contributed by atoms with van der Waals surface area (Å²) in [6.07, 6.45) is 3.21. The summed E-state index contributed by atoms with van der Waals surface area (Å²) in [5, 5.41) is 2.88. The molecule has 1 unspecified atom stereocenters. The molecule has 0 bridgehead atoms. The number of carbonyl (C=O) groups excluding carboxylic acids is 2. The smallest absolute Gasteiger partial charge is 0.247 e. The molecule has 2 aromatic rings. The van der Waals surface area contributed by atoms with Crippen molar-refractivity contribution >= 4 is 17.5 Å². The van der Waals surface area contributed by atoms with Gasteiger partial charge in [-0.3, -0.25) is 9.59 Å². The van der Waals surface area contributed by atoms with Gasteiger partial charge in [-0.2, -0.15) is 0 Å². The second-order valence-corrected chi connectivity index (χ2v) is 5.72. The Balaban J connectivity index is 1.75. The van der Waals surface area contributed by atoms with Crippen LogP contribution < -0.4 is 5.32 Å². The molecule has 0 aliphatic carbocycles. The van der Waals surface area contributed by atoms with Gasteiger partial charge in [0.05, 0.1) is 6.20 Å². The fourth-order valence-electron chi connectivity index (χ4n) is 2.86. The molecule has 1 aliphatic heterocycles. The van der Waals surface area contributed by atoms with Crippen LogP contribution in [-0.4, -0.2) is 34.3 Å². The highest BCUT2D eigenvalue weighted by Gasteiger charge is 2.32. The van der Waals surface area contributed by atoms with Crippen molar-refractivity contribution in [1.82, 2.24) is 9.88 Å². The van der Waals surface area contributed by atoms with Crippen LogP contribution in [0, 0.1) is 6.92 Å². The number of rotatable bonds is 3. The molecule has 1 atom stereocenters. The summed E-state index contributed by atoms with van der Waals surface area (Å²) in [7, 11) is 0. The number of aryl methyl sites for hydroxylation is 1. The maximum Gasteiger partial charge on any atom is 0.247 e. The van der Waals surface area contributed by atoms with E-state index >= 15 is 0 Å². The molecule has 2 heterocycles. The molecule has 0 saturated carbocycles. The van der Waals surface area contributed by atoms with Crippen molar-refractivity contribution in [3.63, 3.8) is 0 Å². The van der Waals surface area contributed by atoms with E-state index in [9.17, 15) is 9.59 Å². The first-order chi connectivity index (χ1) is 11.0. The van der Waals surface area contributed by atoms with Gasteiger partial charge in [0.15, 0.2) is 0 Å². The number of nitrogens with zero attached hydrogens (tertiary/aromatic N) is 2. The average Bonchev–Trinajstić information content (AvgIpc) is 3.16. The third-order valence-corrected chi connectivity index (χ3v) is 3.96. The first kappa shape index (κ1) is 15.3. The molecule has 1 aromatic heterocycles. The normalized spacial score (nSPS) is 17.3. The lowest BCUT2D eigenvalue weighted by Gasteiger charge is -2.22. The van der Waals surface area contributed by atoms with Gasteiger partial charge in [-0.1, -0.05) is 6.07 Å². The number of nitrogens with one attached hydrogen (secondary N) is 1. The van der Waals surface area contributed by atoms with E-state index in [1.807, 2.05) is 31.2 Å². The number of likely N-dealkylation sites (tertiary alicyclic amines) is 1. The number of benzene rings is 1. The van der Waals surface area contributed by atoms with Crippen molar-refractivity contribution in [2.45, 2.75) is 32.7 Å². The van der Waals surface area contributed by atoms with Crippen LogP contribution in [0.5, 0.6) is 0 Å². The monoisotopic (exact) mass is 313 g/mol. The molecule has 120 valence electrons. The van der Waals surface area contributed by atoms with Gasteiger partial charge in [0.2, 0.25) is 17.7 Å². The Morgan fingerprint density at radius 1 is 1.39 bits per heavy atom. The highest BCUT2D eigenvalue weighted by molar-refractivity contribution is 5.97. The van der Waals surface area contributed by atoms with Crippen LogP contribution in [0.2, 0.25) is 0 Å². The predicted molar refractivity (Wildman–Crippen MR) is 85.7 cm³/mol. The molecule has 3 rings (SSSR count). The van der Waals surface area contributed by atoms with Crippen molar-refractivity contribution < 1.29 is 14.0 Å². The van der Waals surface area contributed by atoms with E-state index in [2.05, 4.69) is 10.3 Å². The largest absolute Gasteiger partial charge is 0.441 e. The van der Waals surface area contributed by atoms with E-state index < -0.39 is 0 Å². The van der Waals surface area contributed by atoms with Crippen LogP contribution in [0.3, 0.4) is 0 Å². The minimum atomic E-state index is -0.389. The topological polar surface area (TPSA) is 75.4 Å². The molecule has 0 radical (unpaired) electrons. The van der Waals surface area contributed by atoms with E-state index in [0.717, 1.165) is 17.7 Å². The van der Waals surface area contributed by atoms with Gasteiger partial charge >= 0.3 is 0 Å². The SMILES string of the molecule is CC(=O)N1CCCC1C(=O)Nc1cccc(-c2ncc(C)o2)c1. The fraction of sp³-hybridized carbons (Fsp3) is 0.353. The quantitative estimate of drug-likeness (QED) is 0.945. The van der Waals surface area contributed by atoms with Crippen LogP contribution in [0.25, 0.3) is 11.5 Å². The van der Waals surface area contributed by atoms with E-state index in [1.54, 1.807) is 11.1 Å². The number of amides is 2. The van der Waals surface area contributed by atoms with Gasteiger partial charge in [-0.05, 0) is 38.0 Å². The number of hydrogen-bond acceptors (Lipinski definition) is 4. The lowest BCUT2D eigenvalue weighted by atomic mass is 10.1. The Kier molecular flexibility index (Phi) is 4.14. The minimum Gasteiger partial charge on any atom is -0.441 e. The predicted octanol–water partition coefficient (Wildman–Crippen LogP) is 2.60. The highest BCUT2D eigenvalue weighted by Crippen LogP contribution is 2.24. The summed E-state index contributed by atoms with van der Waals surface area (Å²) < 4.78 is 5.50. The van der Waals surface area contributed by atoms with Gasteiger partial charge in [0.1, 0.15) is 11.8 Å². The Labute approximate surface area is 134 Å². The standard InChI is InChI=1S/C17H19N3O3/c1-11-10-18-17(23-11)13-5-3-6-14(9-13)19-16(22)15-7-4-8-20(15)12(2)21/h3,5-6,9-10,15H,4,7-8H2,1-2H3,(H,19,22). The molecule has 1 saturated heterocycles. The third kappa shape index (κ3) is 3.26. The van der Waals surface area contributed by atoms with E-state index in [0.29, 0.717) is 24.5 Å². The Morgan fingerprint density at radius 2 is 2.22 bits per heavy atom. The first-order valence-corrected chi connectivity index (χ1v) is 7.65. The number of carbonyl (C=O) groups is 2. The van der Waals surface area contributed by atoms with E-state index in [-0.39, 0.29) is 17.9 Å². The van der Waals surface area contributed by atoms with Gasteiger partial charge in [0.25, 0.3) is 0 Å². The van der Waals surface area contributed by atoms with E-state index in [4.69, 9.17) is 4.42 Å². The molecule has 1 N–H and O–H groups in total. The number of hydrogen-bond donors (Lipinski definition) is 1. The number of anilines is 1. The molecular weight excluding hydrogens is 294 g/mol. The average molecular weight is 313 g/mol. The van der Waals surface area contributed by atoms with Crippen LogP contribution in [0.1, 0.15) is 25.5 Å². The molecule has 23 heavy (non-hydrogen) atoms. The molecule has 0 spiro atoms. The van der Waals surface area contributed by atoms with Gasteiger partial charge in [-0.15, -0.1) is 0 Å². The second kappa shape index (κ2) is 6.24. The van der Waals surface area contributed by atoms with Crippen molar-refractivity contribution in [2.24, 2.45) is 0 Å². The molecule has 6 heteroatoms. The van der Waals surface area contributed by atoms with Gasteiger partial charge < -0.3 is 14.6 Å². The summed E-state index contributed by atoms with van der Waals surface area (Å²) in [6, 6.07) is 6.95. The van der Waals surface area contributed by atoms with Crippen LogP contribution in [0.15, 0.2) is 34.9 Å². The number of aromatic nitrogens is 1. The minimum absolute atomic E-state index is 0.0633. The Morgan fingerprint density at radius 3 is 2.91 bits per heavy atom. The molecule has 6 nitrogen and oxygen atoms in total. The Hall–Kier alpha value is -2.63. The van der Waals surface area contributed by atoms with Crippen molar-refractivity contribution in [2.75, 3.05) is 11.9 Å². The molecule has 2 amide bonds. The zero-order valence-corrected chi connectivity index (χ0v) is 13.2. The van der Waals surface area contributed by atoms with E-state index in [1.165, 1.54) is 6.92 Å². The zero-order valence-electron chi connectivity index (χ0n) is 13.2.